The molecule has 0 spiro atoms. The lowest BCUT2D eigenvalue weighted by molar-refractivity contribution is 0.346. The number of anilines is 1. The molecule has 18 heavy (non-hydrogen) atoms. The summed E-state index contributed by atoms with van der Waals surface area (Å²) in [6.45, 7) is 0. The minimum absolute atomic E-state index is 0.0475. The van der Waals surface area contributed by atoms with Crippen molar-refractivity contribution in [3.8, 4) is 0 Å². The molecular weight excluding hydrogens is 226 g/mol. The van der Waals surface area contributed by atoms with Gasteiger partial charge in [-0.05, 0) is 25.7 Å². The minimum atomic E-state index is 0.0475. The molecule has 0 amide bonds. The average molecular weight is 249 g/mol. The van der Waals surface area contributed by atoms with Gasteiger partial charge in [0.05, 0.1) is 11.7 Å². The van der Waals surface area contributed by atoms with E-state index in [0.29, 0.717) is 17.6 Å². The zero-order valence-electron chi connectivity index (χ0n) is 11.2. The topological polar surface area (TPSA) is 52.9 Å². The van der Waals surface area contributed by atoms with Crippen molar-refractivity contribution in [2.75, 3.05) is 5.73 Å². The Morgan fingerprint density at radius 3 is 2.22 bits per heavy atom. The van der Waals surface area contributed by atoms with E-state index in [1.54, 1.807) is 0 Å². The Labute approximate surface area is 108 Å². The standard InChI is InChI=1S/C14H23N3O/c1-16-13(10-8-9-10)12(15)14(18)17(16)11-6-4-2-3-5-7-11/h10-11H,2-9,15H2,1H3. The summed E-state index contributed by atoms with van der Waals surface area (Å²) >= 11 is 0. The summed E-state index contributed by atoms with van der Waals surface area (Å²) in [6.07, 6.45) is 9.71. The highest BCUT2D eigenvalue weighted by atomic mass is 16.1. The fraction of sp³-hybridized carbons (Fsp3) is 0.786. The molecule has 1 heterocycles. The molecule has 4 nitrogen and oxygen atoms in total. The molecule has 2 fully saturated rings. The molecule has 1 aromatic rings. The number of nitrogen functional groups attached to an aromatic ring is 1. The average Bonchev–Trinajstić information content (AvgIpc) is 3.14. The molecule has 0 bridgehead atoms. The van der Waals surface area contributed by atoms with Gasteiger partial charge in [0.1, 0.15) is 5.69 Å². The summed E-state index contributed by atoms with van der Waals surface area (Å²) < 4.78 is 4.00. The SMILES string of the molecule is Cn1c(C2CC2)c(N)c(=O)n1C1CCCCCC1. The van der Waals surface area contributed by atoms with Crippen molar-refractivity contribution in [3.05, 3.63) is 16.0 Å². The van der Waals surface area contributed by atoms with Crippen molar-refractivity contribution >= 4 is 5.69 Å². The van der Waals surface area contributed by atoms with Gasteiger partial charge in [-0.1, -0.05) is 25.7 Å². The molecule has 2 aliphatic rings. The van der Waals surface area contributed by atoms with Crippen LogP contribution in [0.15, 0.2) is 4.79 Å². The second-order valence-corrected chi connectivity index (χ2v) is 5.89. The third kappa shape index (κ3) is 1.88. The summed E-state index contributed by atoms with van der Waals surface area (Å²) in [5.41, 5.74) is 7.68. The maximum atomic E-state index is 12.4. The molecule has 0 aliphatic heterocycles. The maximum Gasteiger partial charge on any atom is 0.290 e. The number of nitrogens with zero attached hydrogens (tertiary/aromatic N) is 2. The lowest BCUT2D eigenvalue weighted by Crippen LogP contribution is -2.27. The lowest BCUT2D eigenvalue weighted by Gasteiger charge is -2.19. The first-order valence-corrected chi connectivity index (χ1v) is 7.27. The van der Waals surface area contributed by atoms with Crippen molar-refractivity contribution in [2.45, 2.75) is 63.3 Å². The van der Waals surface area contributed by atoms with Gasteiger partial charge in [-0.2, -0.15) is 0 Å². The molecular formula is C14H23N3O. The van der Waals surface area contributed by atoms with Crippen LogP contribution in [-0.2, 0) is 7.05 Å². The van der Waals surface area contributed by atoms with Crippen LogP contribution in [-0.4, -0.2) is 9.36 Å². The fourth-order valence-electron chi connectivity index (χ4n) is 3.41. The Kier molecular flexibility index (Phi) is 2.96. The number of rotatable bonds is 2. The second kappa shape index (κ2) is 4.48. The summed E-state index contributed by atoms with van der Waals surface area (Å²) in [4.78, 5) is 12.4. The van der Waals surface area contributed by atoms with Crippen LogP contribution >= 0.6 is 0 Å². The first-order valence-electron chi connectivity index (χ1n) is 7.27. The van der Waals surface area contributed by atoms with Gasteiger partial charge < -0.3 is 5.73 Å². The van der Waals surface area contributed by atoms with Gasteiger partial charge in [-0.15, -0.1) is 0 Å². The first-order chi connectivity index (χ1) is 8.70. The zero-order valence-corrected chi connectivity index (χ0v) is 11.2. The van der Waals surface area contributed by atoms with Crippen LogP contribution < -0.4 is 11.3 Å². The highest BCUT2D eigenvalue weighted by molar-refractivity contribution is 5.45. The highest BCUT2D eigenvalue weighted by Gasteiger charge is 2.32. The molecule has 0 unspecified atom stereocenters. The number of hydrogen-bond donors (Lipinski definition) is 1. The summed E-state index contributed by atoms with van der Waals surface area (Å²) in [5, 5.41) is 0. The largest absolute Gasteiger partial charge is 0.393 e. The second-order valence-electron chi connectivity index (χ2n) is 5.89. The van der Waals surface area contributed by atoms with E-state index in [2.05, 4.69) is 4.68 Å². The fourth-order valence-corrected chi connectivity index (χ4v) is 3.41. The normalized spacial score (nSPS) is 22.1. The Hall–Kier alpha value is -1.19. The van der Waals surface area contributed by atoms with E-state index in [1.165, 1.54) is 38.5 Å². The molecule has 2 N–H and O–H groups in total. The molecule has 0 atom stereocenters. The van der Waals surface area contributed by atoms with Crippen molar-refractivity contribution in [3.63, 3.8) is 0 Å². The van der Waals surface area contributed by atoms with E-state index in [9.17, 15) is 4.79 Å². The van der Waals surface area contributed by atoms with Crippen molar-refractivity contribution in [1.29, 1.82) is 0 Å². The van der Waals surface area contributed by atoms with Crippen LogP contribution in [0.3, 0.4) is 0 Å². The van der Waals surface area contributed by atoms with Crippen LogP contribution in [0.5, 0.6) is 0 Å². The predicted molar refractivity (Wildman–Crippen MR) is 72.8 cm³/mol. The van der Waals surface area contributed by atoms with E-state index in [0.717, 1.165) is 18.5 Å². The van der Waals surface area contributed by atoms with Gasteiger partial charge in [0, 0.05) is 13.0 Å². The maximum absolute atomic E-state index is 12.4. The van der Waals surface area contributed by atoms with E-state index in [1.807, 2.05) is 11.7 Å². The van der Waals surface area contributed by atoms with Gasteiger partial charge in [-0.25, -0.2) is 4.68 Å². The summed E-state index contributed by atoms with van der Waals surface area (Å²) in [6, 6.07) is 0.361. The molecule has 2 saturated carbocycles. The van der Waals surface area contributed by atoms with Crippen LogP contribution in [0.1, 0.15) is 69.0 Å². The van der Waals surface area contributed by atoms with Crippen LogP contribution in [0.4, 0.5) is 5.69 Å². The Morgan fingerprint density at radius 2 is 1.67 bits per heavy atom. The van der Waals surface area contributed by atoms with Crippen LogP contribution in [0, 0.1) is 0 Å². The smallest absolute Gasteiger partial charge is 0.290 e. The third-order valence-electron chi connectivity index (χ3n) is 4.52. The quantitative estimate of drug-likeness (QED) is 0.819. The summed E-state index contributed by atoms with van der Waals surface area (Å²) in [7, 11) is 2.01. The molecule has 4 heteroatoms. The van der Waals surface area contributed by atoms with Crippen molar-refractivity contribution in [1.82, 2.24) is 9.36 Å². The molecule has 0 saturated heterocycles. The number of hydrogen-bond acceptors (Lipinski definition) is 2. The van der Waals surface area contributed by atoms with E-state index >= 15 is 0 Å². The minimum Gasteiger partial charge on any atom is -0.393 e. The van der Waals surface area contributed by atoms with Crippen molar-refractivity contribution < 1.29 is 0 Å². The molecule has 0 aromatic carbocycles. The first kappa shape index (κ1) is 11.9. The van der Waals surface area contributed by atoms with Gasteiger partial charge >= 0.3 is 0 Å². The van der Waals surface area contributed by atoms with Gasteiger partial charge in [0.25, 0.3) is 5.56 Å². The number of aromatic nitrogens is 2. The number of nitrogens with two attached hydrogens (primary N) is 1. The van der Waals surface area contributed by atoms with Gasteiger partial charge in [0.15, 0.2) is 0 Å². The molecule has 100 valence electrons. The zero-order chi connectivity index (χ0) is 12.7. The molecule has 0 radical (unpaired) electrons. The third-order valence-corrected chi connectivity index (χ3v) is 4.52. The lowest BCUT2D eigenvalue weighted by atomic mass is 10.1. The van der Waals surface area contributed by atoms with Gasteiger partial charge in [-0.3, -0.25) is 9.48 Å². The Balaban J connectivity index is 2.00. The van der Waals surface area contributed by atoms with E-state index in [4.69, 9.17) is 5.73 Å². The molecule has 2 aliphatic carbocycles. The summed E-state index contributed by atoms with van der Waals surface area (Å²) in [5.74, 6) is 0.537. The molecule has 1 aromatic heterocycles. The monoisotopic (exact) mass is 249 g/mol. The van der Waals surface area contributed by atoms with E-state index < -0.39 is 0 Å². The predicted octanol–water partition coefficient (Wildman–Crippen LogP) is 2.54. The van der Waals surface area contributed by atoms with Gasteiger partial charge in [0.2, 0.25) is 0 Å². The Bertz CT molecular complexity index is 488. The highest BCUT2D eigenvalue weighted by Crippen LogP contribution is 2.42. The van der Waals surface area contributed by atoms with E-state index in [-0.39, 0.29) is 5.56 Å². The van der Waals surface area contributed by atoms with Crippen LogP contribution in [0.2, 0.25) is 0 Å². The van der Waals surface area contributed by atoms with Crippen LogP contribution in [0.25, 0.3) is 0 Å². The molecule has 3 rings (SSSR count). The Morgan fingerprint density at radius 1 is 1.06 bits per heavy atom. The van der Waals surface area contributed by atoms with Crippen molar-refractivity contribution in [2.24, 2.45) is 7.05 Å².